The molecule has 1 heterocycles. The van der Waals surface area contributed by atoms with Crippen LogP contribution in [-0.4, -0.2) is 44.0 Å². The van der Waals surface area contributed by atoms with Gasteiger partial charge >= 0.3 is 6.18 Å². The zero-order chi connectivity index (χ0) is 22.5. The van der Waals surface area contributed by atoms with Gasteiger partial charge in [-0.15, -0.1) is 0 Å². The topological polar surface area (TPSA) is 65.4 Å². The molecular formula is C23H27F3N4. The van der Waals surface area contributed by atoms with Gasteiger partial charge in [-0.05, 0) is 50.6 Å². The molecule has 0 fully saturated rings. The molecule has 0 radical (unpaired) electrons. The SMILES string of the molecule is CCN=CC(=C(N)C(F)(F)F)c1ccccc1[C@@H]1CN(C)CC(C)=C1/C=C(\C)C#N. The molecule has 0 spiro atoms. The molecule has 0 unspecified atom stereocenters. The van der Waals surface area contributed by atoms with Crippen molar-refractivity contribution in [1.82, 2.24) is 4.90 Å². The lowest BCUT2D eigenvalue weighted by atomic mass is 9.80. The Morgan fingerprint density at radius 2 is 2.03 bits per heavy atom. The molecular weight excluding hydrogens is 389 g/mol. The molecule has 160 valence electrons. The van der Waals surface area contributed by atoms with Crippen LogP contribution in [0.2, 0.25) is 0 Å². The summed E-state index contributed by atoms with van der Waals surface area (Å²) in [6.45, 7) is 7.15. The fourth-order valence-corrected chi connectivity index (χ4v) is 3.69. The highest BCUT2D eigenvalue weighted by molar-refractivity contribution is 6.11. The molecule has 0 aromatic heterocycles. The highest BCUT2D eigenvalue weighted by Crippen LogP contribution is 2.38. The van der Waals surface area contributed by atoms with Gasteiger partial charge in [0.05, 0.1) is 6.07 Å². The van der Waals surface area contributed by atoms with Crippen molar-refractivity contribution in [3.8, 4) is 6.07 Å². The molecule has 0 saturated carbocycles. The van der Waals surface area contributed by atoms with Gasteiger partial charge in [0.25, 0.3) is 0 Å². The number of nitrogens with two attached hydrogens (primary N) is 1. The summed E-state index contributed by atoms with van der Waals surface area (Å²) in [5.74, 6) is -0.200. The average molecular weight is 416 g/mol. The maximum Gasteiger partial charge on any atom is 0.431 e. The van der Waals surface area contributed by atoms with Crippen LogP contribution in [0.25, 0.3) is 5.57 Å². The summed E-state index contributed by atoms with van der Waals surface area (Å²) in [5, 5.41) is 9.25. The Hall–Kier alpha value is -2.85. The third-order valence-electron chi connectivity index (χ3n) is 5.04. The van der Waals surface area contributed by atoms with Crippen LogP contribution in [0.1, 0.15) is 37.8 Å². The lowest BCUT2D eigenvalue weighted by molar-refractivity contribution is -0.0918. The number of nitriles is 1. The molecule has 0 aliphatic carbocycles. The van der Waals surface area contributed by atoms with Gasteiger partial charge in [-0.2, -0.15) is 18.4 Å². The van der Waals surface area contributed by atoms with Crippen LogP contribution in [0, 0.1) is 11.3 Å². The predicted octanol–water partition coefficient (Wildman–Crippen LogP) is 4.82. The Morgan fingerprint density at radius 1 is 1.37 bits per heavy atom. The monoisotopic (exact) mass is 416 g/mol. The minimum absolute atomic E-state index is 0.133. The van der Waals surface area contributed by atoms with Crippen LogP contribution < -0.4 is 5.73 Å². The first-order valence-electron chi connectivity index (χ1n) is 9.72. The Morgan fingerprint density at radius 3 is 2.63 bits per heavy atom. The zero-order valence-electron chi connectivity index (χ0n) is 17.7. The summed E-state index contributed by atoms with van der Waals surface area (Å²) in [4.78, 5) is 6.16. The minimum atomic E-state index is -4.67. The molecule has 7 heteroatoms. The van der Waals surface area contributed by atoms with Gasteiger partial charge in [-0.25, -0.2) is 0 Å². The summed E-state index contributed by atoms with van der Waals surface area (Å²) < 4.78 is 40.5. The van der Waals surface area contributed by atoms with Crippen molar-refractivity contribution >= 4 is 11.8 Å². The van der Waals surface area contributed by atoms with Gasteiger partial charge in [-0.3, -0.25) is 4.99 Å². The van der Waals surface area contributed by atoms with E-state index < -0.39 is 11.9 Å². The number of rotatable bonds is 5. The third-order valence-corrected chi connectivity index (χ3v) is 5.04. The van der Waals surface area contributed by atoms with E-state index in [1.807, 2.05) is 26.1 Å². The molecule has 1 aliphatic rings. The second-order valence-corrected chi connectivity index (χ2v) is 7.46. The number of alkyl halides is 3. The van der Waals surface area contributed by atoms with Crippen molar-refractivity contribution in [3.63, 3.8) is 0 Å². The Bertz CT molecular complexity index is 946. The fourth-order valence-electron chi connectivity index (χ4n) is 3.69. The van der Waals surface area contributed by atoms with Crippen molar-refractivity contribution in [2.45, 2.75) is 32.9 Å². The molecule has 0 bridgehead atoms. The van der Waals surface area contributed by atoms with Gasteiger partial charge in [-0.1, -0.05) is 29.8 Å². The number of benzene rings is 1. The van der Waals surface area contributed by atoms with E-state index in [0.29, 0.717) is 24.2 Å². The molecule has 2 N–H and O–H groups in total. The highest BCUT2D eigenvalue weighted by Gasteiger charge is 2.35. The second-order valence-electron chi connectivity index (χ2n) is 7.46. The first-order valence-corrected chi connectivity index (χ1v) is 9.72. The van der Waals surface area contributed by atoms with Gasteiger partial charge < -0.3 is 10.6 Å². The Kier molecular flexibility index (Phi) is 7.63. The number of aliphatic imine (C=N–C) groups is 1. The summed E-state index contributed by atoms with van der Waals surface area (Å²) in [6.07, 6.45) is -1.63. The van der Waals surface area contributed by atoms with Gasteiger partial charge in [0.15, 0.2) is 0 Å². The summed E-state index contributed by atoms with van der Waals surface area (Å²) in [7, 11) is 1.97. The summed E-state index contributed by atoms with van der Waals surface area (Å²) >= 11 is 0. The number of halogens is 3. The van der Waals surface area contributed by atoms with E-state index in [9.17, 15) is 18.4 Å². The maximum atomic E-state index is 13.5. The molecule has 2 rings (SSSR count). The summed E-state index contributed by atoms with van der Waals surface area (Å²) in [5.41, 5.74) is 7.96. The van der Waals surface area contributed by atoms with E-state index in [1.165, 1.54) is 6.21 Å². The quantitative estimate of drug-likeness (QED) is 0.553. The van der Waals surface area contributed by atoms with Crippen molar-refractivity contribution in [1.29, 1.82) is 5.26 Å². The van der Waals surface area contributed by atoms with Crippen LogP contribution in [0.3, 0.4) is 0 Å². The molecule has 4 nitrogen and oxygen atoms in total. The van der Waals surface area contributed by atoms with Crippen molar-refractivity contribution in [3.05, 3.63) is 63.9 Å². The number of allylic oxidation sites excluding steroid dienone is 4. The van der Waals surface area contributed by atoms with E-state index in [1.54, 1.807) is 32.0 Å². The molecule has 1 aliphatic heterocycles. The Labute approximate surface area is 175 Å². The zero-order valence-corrected chi connectivity index (χ0v) is 17.7. The smallest absolute Gasteiger partial charge is 0.394 e. The molecule has 1 aromatic rings. The molecule has 0 amide bonds. The van der Waals surface area contributed by atoms with E-state index in [-0.39, 0.29) is 11.5 Å². The lowest BCUT2D eigenvalue weighted by Crippen LogP contribution is -2.33. The molecule has 1 atom stereocenters. The first kappa shape index (κ1) is 23.4. The van der Waals surface area contributed by atoms with Crippen LogP contribution in [0.4, 0.5) is 13.2 Å². The van der Waals surface area contributed by atoms with Crippen molar-refractivity contribution < 1.29 is 13.2 Å². The van der Waals surface area contributed by atoms with Crippen LogP contribution in [0.5, 0.6) is 0 Å². The minimum Gasteiger partial charge on any atom is -0.394 e. The average Bonchev–Trinajstić information content (AvgIpc) is 2.69. The van der Waals surface area contributed by atoms with Gasteiger partial charge in [0.1, 0.15) is 5.70 Å². The maximum absolute atomic E-state index is 13.5. The number of likely N-dealkylation sites (N-methyl/N-ethyl adjacent to an activating group) is 1. The number of hydrogen-bond donors (Lipinski definition) is 1. The number of hydrogen-bond acceptors (Lipinski definition) is 4. The third kappa shape index (κ3) is 5.39. The van der Waals surface area contributed by atoms with Crippen molar-refractivity contribution in [2.24, 2.45) is 10.7 Å². The summed E-state index contributed by atoms with van der Waals surface area (Å²) in [6, 6.07) is 9.11. The molecule has 30 heavy (non-hydrogen) atoms. The van der Waals surface area contributed by atoms with Gasteiger partial charge in [0.2, 0.25) is 0 Å². The molecule has 1 aromatic carbocycles. The normalized spacial score (nSPS) is 19.8. The van der Waals surface area contributed by atoms with E-state index in [2.05, 4.69) is 16.0 Å². The van der Waals surface area contributed by atoms with E-state index in [4.69, 9.17) is 5.73 Å². The van der Waals surface area contributed by atoms with E-state index >= 15 is 0 Å². The number of nitrogens with zero attached hydrogens (tertiary/aromatic N) is 3. The predicted molar refractivity (Wildman–Crippen MR) is 115 cm³/mol. The van der Waals surface area contributed by atoms with Crippen LogP contribution in [-0.2, 0) is 0 Å². The van der Waals surface area contributed by atoms with Crippen LogP contribution >= 0.6 is 0 Å². The fraction of sp³-hybridized carbons (Fsp3) is 0.391. The van der Waals surface area contributed by atoms with Crippen molar-refractivity contribution in [2.75, 3.05) is 26.7 Å². The largest absolute Gasteiger partial charge is 0.431 e. The Balaban J connectivity index is 2.76. The van der Waals surface area contributed by atoms with E-state index in [0.717, 1.165) is 23.3 Å². The van der Waals surface area contributed by atoms with Crippen LogP contribution in [0.15, 0.2) is 57.8 Å². The molecule has 0 saturated heterocycles. The second kappa shape index (κ2) is 9.77. The standard InChI is InChI=1S/C23H27F3N4/c1-5-29-12-20(22(28)23(24,25)26)17-8-6-7-9-18(17)21-14-30(4)13-16(3)19(21)10-15(2)11-27/h6-10,12,21H,5,13-14,28H2,1-4H3/b15-10+,22-20?,29-12?/t21-/m0/s1. The lowest BCUT2D eigenvalue weighted by Gasteiger charge is -2.34. The first-order chi connectivity index (χ1) is 14.1. The van der Waals surface area contributed by atoms with Gasteiger partial charge in [0, 0.05) is 42.9 Å². The highest BCUT2D eigenvalue weighted by atomic mass is 19.4.